The Morgan fingerprint density at radius 2 is 1.97 bits per heavy atom. The van der Waals surface area contributed by atoms with Crippen molar-refractivity contribution in [3.8, 4) is 11.3 Å². The molecule has 14 heteroatoms. The van der Waals surface area contributed by atoms with Crippen molar-refractivity contribution in [3.05, 3.63) is 65.6 Å². The Bertz CT molecular complexity index is 1290. The molecule has 0 bridgehead atoms. The van der Waals surface area contributed by atoms with Gasteiger partial charge in [0.25, 0.3) is 0 Å². The summed E-state index contributed by atoms with van der Waals surface area (Å²) in [5.74, 6) is -8.31. The van der Waals surface area contributed by atoms with Crippen molar-refractivity contribution in [3.63, 3.8) is 0 Å². The highest BCUT2D eigenvalue weighted by atomic mass is 19.2. The molecule has 2 aromatic heterocycles. The van der Waals surface area contributed by atoms with E-state index in [1.165, 1.54) is 18.5 Å². The number of benzene rings is 1. The highest BCUT2D eigenvalue weighted by molar-refractivity contribution is 5.87. The van der Waals surface area contributed by atoms with E-state index >= 15 is 0 Å². The number of rotatable bonds is 5. The van der Waals surface area contributed by atoms with Crippen LogP contribution in [-0.2, 0) is 14.2 Å². The van der Waals surface area contributed by atoms with E-state index in [0.717, 1.165) is 10.7 Å². The highest BCUT2D eigenvalue weighted by Crippen LogP contribution is 2.45. The zero-order valence-corrected chi connectivity index (χ0v) is 18.9. The van der Waals surface area contributed by atoms with E-state index in [-0.39, 0.29) is 24.3 Å². The van der Waals surface area contributed by atoms with Gasteiger partial charge in [-0.3, -0.25) is 0 Å². The van der Waals surface area contributed by atoms with Gasteiger partial charge in [0.05, 0.1) is 19.4 Å². The number of halogens is 4. The number of aromatic nitrogens is 4. The lowest BCUT2D eigenvalue weighted by Gasteiger charge is -2.48. The van der Waals surface area contributed by atoms with Crippen LogP contribution in [0.15, 0.2) is 36.7 Å². The Kier molecular flexibility index (Phi) is 6.66. The Labute approximate surface area is 206 Å². The fraction of sp³-hybridized carbons (Fsp3) is 0.391. The van der Waals surface area contributed by atoms with Crippen LogP contribution < -0.4 is 0 Å². The summed E-state index contributed by atoms with van der Waals surface area (Å²) in [5.41, 5.74) is -0.872. The fourth-order valence-electron chi connectivity index (χ4n) is 4.57. The predicted octanol–water partition coefficient (Wildman–Crippen LogP) is 1.92. The zero-order chi connectivity index (χ0) is 26.3. The predicted molar refractivity (Wildman–Crippen MR) is 114 cm³/mol. The average Bonchev–Trinajstić information content (AvgIpc) is 3.55. The van der Waals surface area contributed by atoms with Crippen molar-refractivity contribution in [2.45, 2.75) is 43.0 Å². The van der Waals surface area contributed by atoms with Gasteiger partial charge in [-0.2, -0.15) is 0 Å². The molecule has 0 unspecified atom stereocenters. The molecule has 5 atom stereocenters. The molecule has 5 rings (SSSR count). The van der Waals surface area contributed by atoms with Crippen molar-refractivity contribution in [2.75, 3.05) is 13.2 Å². The summed E-state index contributed by atoms with van der Waals surface area (Å²) in [6, 6.07) is 2.42. The Hall–Kier alpha value is -3.46. The topological polar surface area (TPSA) is 129 Å². The molecule has 0 saturated carbocycles. The summed E-state index contributed by atoms with van der Waals surface area (Å²) in [4.78, 5) is 16.6. The van der Waals surface area contributed by atoms with Gasteiger partial charge in [0.2, 0.25) is 5.79 Å². The van der Waals surface area contributed by atoms with Crippen LogP contribution in [0.3, 0.4) is 0 Å². The summed E-state index contributed by atoms with van der Waals surface area (Å²) < 4.78 is 73.5. The Morgan fingerprint density at radius 1 is 1.22 bits per heavy atom. The van der Waals surface area contributed by atoms with Crippen LogP contribution >= 0.6 is 0 Å². The van der Waals surface area contributed by atoms with E-state index in [4.69, 9.17) is 14.2 Å². The van der Waals surface area contributed by atoms with Gasteiger partial charge in [0, 0.05) is 18.2 Å². The maximum absolute atomic E-state index is 14.2. The molecule has 37 heavy (non-hydrogen) atoms. The quantitative estimate of drug-likeness (QED) is 0.292. The molecule has 10 nitrogen and oxygen atoms in total. The number of carbonyl (C=O) groups is 1. The van der Waals surface area contributed by atoms with E-state index in [0.29, 0.717) is 18.6 Å². The molecule has 0 radical (unpaired) electrons. The molecule has 2 saturated heterocycles. The van der Waals surface area contributed by atoms with Gasteiger partial charge in [-0.15, -0.1) is 5.10 Å². The first-order valence-corrected chi connectivity index (χ1v) is 11.2. The standard InChI is InChI=1S/C23H20F4N4O6/c24-12-3-1-5-28-18(12)22(34)36-21-19(20(33)16(10-32)37-23(21)4-2-6-35-23)31-9-15(29-30-31)11-7-13(25)17(27)14(26)8-11/h1,3,5,7-9,16,19-21,32-33H,2,4,6,10H2/t16-,19+,20+,21-,23+/m1/s1. The smallest absolute Gasteiger partial charge is 0.360 e. The second kappa shape index (κ2) is 9.78. The normalized spacial score (nSPS) is 27.5. The minimum Gasteiger partial charge on any atom is -0.449 e. The van der Waals surface area contributed by atoms with Crippen LogP contribution in [0.25, 0.3) is 11.3 Å². The third-order valence-electron chi connectivity index (χ3n) is 6.30. The SMILES string of the molecule is O=C(O[C@@H]1[C@@H](n2cc(-c3cc(F)c(F)c(F)c3)nn2)[C@@H](O)[C@@H](CO)O[C@@]12CCCO2)c1ncccc1F. The second-order valence-corrected chi connectivity index (χ2v) is 8.58. The largest absolute Gasteiger partial charge is 0.449 e. The molecular weight excluding hydrogens is 504 g/mol. The summed E-state index contributed by atoms with van der Waals surface area (Å²) in [5, 5.41) is 28.7. The van der Waals surface area contributed by atoms with E-state index in [9.17, 15) is 32.6 Å². The maximum atomic E-state index is 14.2. The summed E-state index contributed by atoms with van der Waals surface area (Å²) >= 11 is 0. The molecule has 3 aromatic rings. The van der Waals surface area contributed by atoms with E-state index in [1.807, 2.05) is 0 Å². The Morgan fingerprint density at radius 3 is 2.62 bits per heavy atom. The van der Waals surface area contributed by atoms with Crippen LogP contribution in [-0.4, -0.2) is 73.5 Å². The molecule has 0 amide bonds. The Balaban J connectivity index is 1.56. The van der Waals surface area contributed by atoms with E-state index < -0.39 is 71.7 Å². The van der Waals surface area contributed by atoms with Gasteiger partial charge in [-0.05, 0) is 30.7 Å². The summed E-state index contributed by atoms with van der Waals surface area (Å²) in [6.45, 7) is -0.446. The fourth-order valence-corrected chi connectivity index (χ4v) is 4.57. The average molecular weight is 524 g/mol. The number of nitrogens with zero attached hydrogens (tertiary/aromatic N) is 4. The molecule has 2 fully saturated rings. The van der Waals surface area contributed by atoms with Gasteiger partial charge in [0.15, 0.2) is 35.1 Å². The molecule has 1 spiro atoms. The minimum absolute atomic E-state index is 0.0979. The van der Waals surface area contributed by atoms with Crippen LogP contribution in [0.5, 0.6) is 0 Å². The molecule has 2 aliphatic rings. The molecule has 196 valence electrons. The number of hydrogen-bond donors (Lipinski definition) is 2. The van der Waals surface area contributed by atoms with Crippen molar-refractivity contribution in [2.24, 2.45) is 0 Å². The van der Waals surface area contributed by atoms with Gasteiger partial charge in [-0.1, -0.05) is 5.21 Å². The van der Waals surface area contributed by atoms with Crippen LogP contribution in [0, 0.1) is 23.3 Å². The molecule has 2 aliphatic heterocycles. The van der Waals surface area contributed by atoms with Crippen molar-refractivity contribution >= 4 is 5.97 Å². The van der Waals surface area contributed by atoms with Gasteiger partial charge in [0.1, 0.15) is 23.9 Å². The highest BCUT2D eigenvalue weighted by Gasteiger charge is 2.60. The molecular formula is C23H20F4N4O6. The van der Waals surface area contributed by atoms with Crippen LogP contribution in [0.1, 0.15) is 29.4 Å². The molecule has 2 N–H and O–H groups in total. The summed E-state index contributed by atoms with van der Waals surface area (Å²) in [7, 11) is 0. The number of aliphatic hydroxyl groups excluding tert-OH is 2. The number of pyridine rings is 1. The lowest BCUT2D eigenvalue weighted by Crippen LogP contribution is -2.63. The second-order valence-electron chi connectivity index (χ2n) is 8.58. The van der Waals surface area contributed by atoms with Gasteiger partial charge in [-0.25, -0.2) is 32.0 Å². The van der Waals surface area contributed by atoms with Crippen LogP contribution in [0.2, 0.25) is 0 Å². The van der Waals surface area contributed by atoms with Crippen LogP contribution in [0.4, 0.5) is 17.6 Å². The van der Waals surface area contributed by atoms with Crippen molar-refractivity contribution in [1.29, 1.82) is 0 Å². The lowest BCUT2D eigenvalue weighted by atomic mass is 9.88. The monoisotopic (exact) mass is 524 g/mol. The third-order valence-corrected chi connectivity index (χ3v) is 6.30. The third kappa shape index (κ3) is 4.45. The zero-order valence-electron chi connectivity index (χ0n) is 18.9. The number of esters is 1. The first-order chi connectivity index (χ1) is 17.7. The van der Waals surface area contributed by atoms with Gasteiger partial charge >= 0.3 is 5.97 Å². The lowest BCUT2D eigenvalue weighted by molar-refractivity contribution is -0.337. The number of carbonyl (C=O) groups excluding carboxylic acids is 1. The molecule has 1 aromatic carbocycles. The minimum atomic E-state index is -1.66. The first-order valence-electron chi connectivity index (χ1n) is 11.2. The number of aliphatic hydroxyl groups is 2. The molecule has 0 aliphatic carbocycles. The van der Waals surface area contributed by atoms with E-state index in [2.05, 4.69) is 15.3 Å². The number of ether oxygens (including phenoxy) is 3. The maximum Gasteiger partial charge on any atom is 0.360 e. The van der Waals surface area contributed by atoms with Gasteiger partial charge < -0.3 is 24.4 Å². The number of hydrogen-bond acceptors (Lipinski definition) is 9. The van der Waals surface area contributed by atoms with Crippen molar-refractivity contribution in [1.82, 2.24) is 20.0 Å². The molecule has 4 heterocycles. The van der Waals surface area contributed by atoms with Crippen molar-refractivity contribution < 1.29 is 46.8 Å². The first kappa shape index (κ1) is 25.2. The van der Waals surface area contributed by atoms with E-state index in [1.54, 1.807) is 0 Å². The summed E-state index contributed by atoms with van der Waals surface area (Å²) in [6.07, 6.45) is -1.17.